The highest BCUT2D eigenvalue weighted by Gasteiger charge is 2.31. The molecule has 3 rings (SSSR count). The number of benzene rings is 1. The average Bonchev–Trinajstić information content (AvgIpc) is 3.27. The van der Waals surface area contributed by atoms with Crippen LogP contribution in [0.3, 0.4) is 0 Å². The molecule has 1 aliphatic rings. The van der Waals surface area contributed by atoms with E-state index in [-0.39, 0.29) is 23.3 Å². The van der Waals surface area contributed by atoms with Crippen LogP contribution in [0.2, 0.25) is 0 Å². The second kappa shape index (κ2) is 10.3. The number of alkyl halides is 3. The maximum atomic E-state index is 12.4. The van der Waals surface area contributed by atoms with Crippen molar-refractivity contribution in [3.8, 4) is 5.75 Å². The highest BCUT2D eigenvalue weighted by atomic mass is 19.4. The van der Waals surface area contributed by atoms with Crippen LogP contribution in [0.1, 0.15) is 29.0 Å². The van der Waals surface area contributed by atoms with Crippen LogP contribution < -0.4 is 10.1 Å². The number of rotatable bonds is 8. The van der Waals surface area contributed by atoms with Crippen LogP contribution in [0.15, 0.2) is 47.1 Å². The van der Waals surface area contributed by atoms with Gasteiger partial charge in [-0.25, -0.2) is 0 Å². The highest BCUT2D eigenvalue weighted by Crippen LogP contribution is 2.23. The summed E-state index contributed by atoms with van der Waals surface area (Å²) in [5.41, 5.74) is 0.876. The van der Waals surface area contributed by atoms with Gasteiger partial charge in [0.2, 0.25) is 5.91 Å². The van der Waals surface area contributed by atoms with Crippen LogP contribution in [-0.4, -0.2) is 60.7 Å². The Hall–Kier alpha value is -3.01. The van der Waals surface area contributed by atoms with E-state index in [1.165, 1.54) is 18.4 Å². The van der Waals surface area contributed by atoms with Gasteiger partial charge in [-0.2, -0.15) is 0 Å². The minimum atomic E-state index is -4.70. The Morgan fingerprint density at radius 2 is 1.77 bits per heavy atom. The molecule has 0 spiro atoms. The minimum absolute atomic E-state index is 0.0422. The Labute approximate surface area is 177 Å². The van der Waals surface area contributed by atoms with Crippen molar-refractivity contribution in [2.45, 2.75) is 25.7 Å². The predicted molar refractivity (Wildman–Crippen MR) is 105 cm³/mol. The molecule has 10 heteroatoms. The number of ether oxygens (including phenoxy) is 1. The van der Waals surface area contributed by atoms with Gasteiger partial charge in [0.15, 0.2) is 5.76 Å². The van der Waals surface area contributed by atoms with E-state index in [4.69, 9.17) is 4.42 Å². The van der Waals surface area contributed by atoms with Crippen LogP contribution in [0.25, 0.3) is 0 Å². The van der Waals surface area contributed by atoms with E-state index in [2.05, 4.69) is 15.0 Å². The lowest BCUT2D eigenvalue weighted by Gasteiger charge is -2.34. The summed E-state index contributed by atoms with van der Waals surface area (Å²) in [4.78, 5) is 28.1. The third kappa shape index (κ3) is 7.32. The van der Waals surface area contributed by atoms with Gasteiger partial charge >= 0.3 is 6.36 Å². The Bertz CT molecular complexity index is 846. The number of nitrogens with one attached hydrogen (secondary N) is 1. The molecule has 0 radical (unpaired) electrons. The van der Waals surface area contributed by atoms with E-state index in [0.29, 0.717) is 52.1 Å². The first-order valence-electron chi connectivity index (χ1n) is 9.97. The Morgan fingerprint density at radius 1 is 1.06 bits per heavy atom. The number of carbonyl (C=O) groups excluding carboxylic acids is 2. The van der Waals surface area contributed by atoms with E-state index in [9.17, 15) is 22.8 Å². The Morgan fingerprint density at radius 3 is 2.39 bits per heavy atom. The minimum Gasteiger partial charge on any atom is -0.459 e. The summed E-state index contributed by atoms with van der Waals surface area (Å²) < 4.78 is 45.5. The van der Waals surface area contributed by atoms with Crippen LogP contribution in [0, 0.1) is 0 Å². The van der Waals surface area contributed by atoms with Gasteiger partial charge in [-0.05, 0) is 36.2 Å². The van der Waals surface area contributed by atoms with Gasteiger partial charge in [0, 0.05) is 45.7 Å². The first-order valence-corrected chi connectivity index (χ1v) is 9.97. The molecular formula is C21H24F3N3O4. The van der Waals surface area contributed by atoms with Crippen LogP contribution in [-0.2, 0) is 11.3 Å². The lowest BCUT2D eigenvalue weighted by Crippen LogP contribution is -2.48. The molecule has 1 aromatic carbocycles. The monoisotopic (exact) mass is 439 g/mol. The van der Waals surface area contributed by atoms with Crippen molar-refractivity contribution < 1.29 is 31.9 Å². The molecule has 2 amide bonds. The summed E-state index contributed by atoms with van der Waals surface area (Å²) >= 11 is 0. The Balaban J connectivity index is 1.33. The third-order valence-electron chi connectivity index (χ3n) is 4.89. The smallest absolute Gasteiger partial charge is 0.459 e. The molecule has 0 aliphatic carbocycles. The van der Waals surface area contributed by atoms with E-state index in [1.54, 1.807) is 29.2 Å². The number of carbonyl (C=O) groups is 2. The van der Waals surface area contributed by atoms with Crippen LogP contribution >= 0.6 is 0 Å². The van der Waals surface area contributed by atoms with Gasteiger partial charge in [0.1, 0.15) is 5.75 Å². The van der Waals surface area contributed by atoms with Crippen molar-refractivity contribution in [3.05, 3.63) is 54.0 Å². The van der Waals surface area contributed by atoms with E-state index < -0.39 is 6.36 Å². The summed E-state index contributed by atoms with van der Waals surface area (Å²) in [7, 11) is 0. The number of amides is 2. The van der Waals surface area contributed by atoms with Gasteiger partial charge in [0.25, 0.3) is 5.91 Å². The number of hydrogen-bond acceptors (Lipinski definition) is 5. The maximum absolute atomic E-state index is 12.4. The van der Waals surface area contributed by atoms with E-state index >= 15 is 0 Å². The van der Waals surface area contributed by atoms with E-state index in [0.717, 1.165) is 5.56 Å². The average molecular weight is 439 g/mol. The third-order valence-corrected chi connectivity index (χ3v) is 4.89. The zero-order valence-electron chi connectivity index (χ0n) is 16.9. The molecule has 0 unspecified atom stereocenters. The van der Waals surface area contributed by atoms with Gasteiger partial charge in [-0.15, -0.1) is 13.2 Å². The molecule has 168 valence electrons. The fourth-order valence-corrected chi connectivity index (χ4v) is 3.30. The highest BCUT2D eigenvalue weighted by molar-refractivity contribution is 5.91. The number of hydrogen-bond donors (Lipinski definition) is 1. The van der Waals surface area contributed by atoms with Crippen LogP contribution in [0.4, 0.5) is 13.2 Å². The predicted octanol–water partition coefficient (Wildman–Crippen LogP) is 3.03. The molecule has 0 atom stereocenters. The van der Waals surface area contributed by atoms with Crippen LogP contribution in [0.5, 0.6) is 5.75 Å². The first-order chi connectivity index (χ1) is 14.8. The number of piperazine rings is 1. The quantitative estimate of drug-likeness (QED) is 0.640. The summed E-state index contributed by atoms with van der Waals surface area (Å²) in [6.07, 6.45) is -2.39. The van der Waals surface area contributed by atoms with E-state index in [1.807, 2.05) is 0 Å². The second-order valence-corrected chi connectivity index (χ2v) is 7.19. The Kier molecular flexibility index (Phi) is 7.56. The van der Waals surface area contributed by atoms with Crippen molar-refractivity contribution in [3.63, 3.8) is 0 Å². The first kappa shape index (κ1) is 22.7. The second-order valence-electron chi connectivity index (χ2n) is 7.19. The zero-order chi connectivity index (χ0) is 22.3. The fourth-order valence-electron chi connectivity index (χ4n) is 3.30. The standard InChI is InChI=1S/C21H24F3N3O4/c22-21(23,24)31-17-7-5-16(6-8-17)15-26-10-12-27(13-11-26)19(28)4-1-9-25-20(29)18-3-2-14-30-18/h2-3,5-8,14H,1,4,9-13,15H2,(H,25,29). The fraction of sp³-hybridized carbons (Fsp3) is 0.429. The van der Waals surface area contributed by atoms with Gasteiger partial charge in [0.05, 0.1) is 6.26 Å². The summed E-state index contributed by atoms with van der Waals surface area (Å²) in [5.74, 6) is -0.262. The molecule has 1 saturated heterocycles. The molecule has 0 saturated carbocycles. The van der Waals surface area contributed by atoms with Crippen molar-refractivity contribution >= 4 is 11.8 Å². The number of halogens is 3. The molecule has 1 N–H and O–H groups in total. The molecular weight excluding hydrogens is 415 g/mol. The molecule has 2 aromatic rings. The molecule has 1 fully saturated rings. The van der Waals surface area contributed by atoms with Gasteiger partial charge in [-0.3, -0.25) is 14.5 Å². The maximum Gasteiger partial charge on any atom is 0.573 e. The number of furan rings is 1. The molecule has 0 bridgehead atoms. The lowest BCUT2D eigenvalue weighted by atomic mass is 10.2. The molecule has 1 aromatic heterocycles. The summed E-state index contributed by atoms with van der Waals surface area (Å²) in [6.45, 7) is 3.52. The topological polar surface area (TPSA) is 75.0 Å². The van der Waals surface area contributed by atoms with Crippen molar-refractivity contribution in [1.82, 2.24) is 15.1 Å². The summed E-state index contributed by atoms with van der Waals surface area (Å²) in [6, 6.07) is 9.02. The van der Waals surface area contributed by atoms with Crippen molar-refractivity contribution in [2.24, 2.45) is 0 Å². The van der Waals surface area contributed by atoms with Gasteiger partial charge < -0.3 is 19.4 Å². The molecule has 31 heavy (non-hydrogen) atoms. The number of nitrogens with zero attached hydrogens (tertiary/aromatic N) is 2. The van der Waals surface area contributed by atoms with Gasteiger partial charge in [-0.1, -0.05) is 12.1 Å². The lowest BCUT2D eigenvalue weighted by molar-refractivity contribution is -0.274. The normalized spacial score (nSPS) is 15.0. The van der Waals surface area contributed by atoms with Crippen molar-refractivity contribution in [2.75, 3.05) is 32.7 Å². The molecule has 7 nitrogen and oxygen atoms in total. The largest absolute Gasteiger partial charge is 0.573 e. The molecule has 1 aliphatic heterocycles. The SMILES string of the molecule is O=C(NCCCC(=O)N1CCN(Cc2ccc(OC(F)(F)F)cc2)CC1)c1ccco1. The molecule has 2 heterocycles. The van der Waals surface area contributed by atoms with Crippen molar-refractivity contribution in [1.29, 1.82) is 0 Å². The summed E-state index contributed by atoms with van der Waals surface area (Å²) in [5, 5.41) is 2.71. The zero-order valence-corrected chi connectivity index (χ0v) is 16.9.